The number of hydrogen-bond acceptors (Lipinski definition) is 4. The number of carbonyl (C=O) groups excluding carboxylic acids is 1. The zero-order valence-electron chi connectivity index (χ0n) is 14.4. The Kier molecular flexibility index (Phi) is 7.02. The van der Waals surface area contributed by atoms with E-state index >= 15 is 0 Å². The van der Waals surface area contributed by atoms with Gasteiger partial charge in [0.25, 0.3) is 0 Å². The molecule has 0 saturated heterocycles. The van der Waals surface area contributed by atoms with Crippen LogP contribution in [-0.4, -0.2) is 45.9 Å². The molecule has 0 radical (unpaired) electrons. The molecule has 0 unspecified atom stereocenters. The van der Waals surface area contributed by atoms with E-state index in [0.717, 1.165) is 10.7 Å². The average Bonchev–Trinajstić information content (AvgIpc) is 2.52. The normalized spacial score (nSPS) is 13.0. The number of carbonyl (C=O) groups is 1. The molecule has 1 amide bonds. The third-order valence-electron chi connectivity index (χ3n) is 3.67. The van der Waals surface area contributed by atoms with Gasteiger partial charge in [0.05, 0.1) is 12.0 Å². The molecule has 1 aromatic carbocycles. The lowest BCUT2D eigenvalue weighted by Gasteiger charge is -2.15. The standard InChI is InChI=1S/C16H26N2O4S/c1-6-12(2)17-16(19)10-7-13-11-14(8-9-15(13)22-5)23(20,21)18(3)4/h8-9,11-12H,6-7,10H2,1-5H3,(H,17,19)/t12-/m1/s1. The van der Waals surface area contributed by atoms with Crippen molar-refractivity contribution in [3.63, 3.8) is 0 Å². The molecule has 0 saturated carbocycles. The van der Waals surface area contributed by atoms with E-state index in [4.69, 9.17) is 4.74 Å². The summed E-state index contributed by atoms with van der Waals surface area (Å²) in [5.41, 5.74) is 0.703. The van der Waals surface area contributed by atoms with Gasteiger partial charge >= 0.3 is 0 Å². The van der Waals surface area contributed by atoms with Crippen LogP contribution in [0.4, 0.5) is 0 Å². The molecule has 1 N–H and O–H groups in total. The minimum absolute atomic E-state index is 0.0535. The van der Waals surface area contributed by atoms with E-state index in [2.05, 4.69) is 5.32 Å². The summed E-state index contributed by atoms with van der Waals surface area (Å²) in [5, 5.41) is 2.89. The summed E-state index contributed by atoms with van der Waals surface area (Å²) in [6, 6.07) is 4.84. The first-order chi connectivity index (χ1) is 10.7. The van der Waals surface area contributed by atoms with Crippen LogP contribution in [0, 0.1) is 0 Å². The average molecular weight is 342 g/mol. The van der Waals surface area contributed by atoms with Crippen LogP contribution >= 0.6 is 0 Å². The summed E-state index contributed by atoms with van der Waals surface area (Å²) in [4.78, 5) is 12.1. The second-order valence-electron chi connectivity index (χ2n) is 5.64. The fourth-order valence-corrected chi connectivity index (χ4v) is 2.97. The van der Waals surface area contributed by atoms with Gasteiger partial charge < -0.3 is 10.1 Å². The van der Waals surface area contributed by atoms with Crippen LogP contribution in [-0.2, 0) is 21.2 Å². The Morgan fingerprint density at radius 1 is 1.35 bits per heavy atom. The molecule has 0 aliphatic rings. The molecule has 7 heteroatoms. The van der Waals surface area contributed by atoms with Crippen molar-refractivity contribution in [2.24, 2.45) is 0 Å². The van der Waals surface area contributed by atoms with Crippen molar-refractivity contribution in [2.75, 3.05) is 21.2 Å². The first-order valence-corrected chi connectivity index (χ1v) is 9.05. The quantitative estimate of drug-likeness (QED) is 0.781. The van der Waals surface area contributed by atoms with Crippen LogP contribution in [0.25, 0.3) is 0 Å². The molecular formula is C16H26N2O4S. The molecule has 0 bridgehead atoms. The monoisotopic (exact) mass is 342 g/mol. The van der Waals surface area contributed by atoms with Gasteiger partial charge in [-0.05, 0) is 43.5 Å². The van der Waals surface area contributed by atoms with E-state index in [0.29, 0.717) is 17.7 Å². The maximum Gasteiger partial charge on any atom is 0.242 e. The van der Waals surface area contributed by atoms with E-state index in [1.165, 1.54) is 27.3 Å². The van der Waals surface area contributed by atoms with E-state index < -0.39 is 10.0 Å². The van der Waals surface area contributed by atoms with Crippen molar-refractivity contribution in [3.8, 4) is 5.75 Å². The lowest BCUT2D eigenvalue weighted by atomic mass is 10.1. The molecular weight excluding hydrogens is 316 g/mol. The zero-order chi connectivity index (χ0) is 17.6. The summed E-state index contributed by atoms with van der Waals surface area (Å²) < 4.78 is 30.9. The highest BCUT2D eigenvalue weighted by molar-refractivity contribution is 7.89. The van der Waals surface area contributed by atoms with E-state index in [1.807, 2.05) is 13.8 Å². The van der Waals surface area contributed by atoms with Crippen molar-refractivity contribution in [1.82, 2.24) is 9.62 Å². The predicted octanol–water partition coefficient (Wildman–Crippen LogP) is 1.79. The summed E-state index contributed by atoms with van der Waals surface area (Å²) in [7, 11) is 0.987. The molecule has 0 aliphatic heterocycles. The molecule has 0 aromatic heterocycles. The smallest absolute Gasteiger partial charge is 0.242 e. The summed E-state index contributed by atoms with van der Waals surface area (Å²) in [5.74, 6) is 0.529. The first kappa shape index (κ1) is 19.4. The molecule has 1 rings (SSSR count). The fourth-order valence-electron chi connectivity index (χ4n) is 2.02. The molecule has 1 atom stereocenters. The van der Waals surface area contributed by atoms with Gasteiger partial charge in [-0.2, -0.15) is 0 Å². The van der Waals surface area contributed by atoms with Crippen molar-refractivity contribution < 1.29 is 17.9 Å². The first-order valence-electron chi connectivity index (χ1n) is 7.61. The second kappa shape index (κ2) is 8.31. The molecule has 130 valence electrons. The number of ether oxygens (including phenoxy) is 1. The number of sulfonamides is 1. The van der Waals surface area contributed by atoms with Crippen molar-refractivity contribution in [3.05, 3.63) is 23.8 Å². The van der Waals surface area contributed by atoms with Crippen molar-refractivity contribution in [2.45, 2.75) is 44.0 Å². The SMILES string of the molecule is CC[C@@H](C)NC(=O)CCc1cc(S(=O)(=O)N(C)C)ccc1OC. The zero-order valence-corrected chi connectivity index (χ0v) is 15.2. The maximum atomic E-state index is 12.2. The van der Waals surface area contributed by atoms with Gasteiger partial charge in [0.2, 0.25) is 15.9 Å². The topological polar surface area (TPSA) is 75.7 Å². The minimum atomic E-state index is -3.51. The molecule has 23 heavy (non-hydrogen) atoms. The van der Waals surface area contributed by atoms with Gasteiger partial charge in [-0.3, -0.25) is 4.79 Å². The number of aryl methyl sites for hydroxylation is 1. The Balaban J connectivity index is 2.95. The van der Waals surface area contributed by atoms with Gasteiger partial charge in [-0.15, -0.1) is 0 Å². The highest BCUT2D eigenvalue weighted by atomic mass is 32.2. The number of nitrogens with one attached hydrogen (secondary N) is 1. The number of nitrogens with zero attached hydrogens (tertiary/aromatic N) is 1. The Morgan fingerprint density at radius 3 is 2.52 bits per heavy atom. The van der Waals surface area contributed by atoms with E-state index in [9.17, 15) is 13.2 Å². The highest BCUT2D eigenvalue weighted by Crippen LogP contribution is 2.25. The maximum absolute atomic E-state index is 12.2. The number of benzene rings is 1. The van der Waals surface area contributed by atoms with Crippen LogP contribution in [0.5, 0.6) is 5.75 Å². The van der Waals surface area contributed by atoms with Crippen molar-refractivity contribution >= 4 is 15.9 Å². The molecule has 0 spiro atoms. The number of hydrogen-bond donors (Lipinski definition) is 1. The molecule has 1 aromatic rings. The van der Waals surface area contributed by atoms with Gasteiger partial charge in [-0.25, -0.2) is 12.7 Å². The van der Waals surface area contributed by atoms with Crippen LogP contribution < -0.4 is 10.1 Å². The lowest BCUT2D eigenvalue weighted by molar-refractivity contribution is -0.121. The second-order valence-corrected chi connectivity index (χ2v) is 7.79. The number of methoxy groups -OCH3 is 1. The summed E-state index contributed by atoms with van der Waals surface area (Å²) >= 11 is 0. The summed E-state index contributed by atoms with van der Waals surface area (Å²) in [6.45, 7) is 3.95. The Morgan fingerprint density at radius 2 is 2.00 bits per heavy atom. The van der Waals surface area contributed by atoms with Gasteiger partial charge in [0.1, 0.15) is 5.75 Å². The Hall–Kier alpha value is -1.60. The predicted molar refractivity (Wildman–Crippen MR) is 90.1 cm³/mol. The molecule has 0 heterocycles. The third-order valence-corrected chi connectivity index (χ3v) is 5.48. The molecule has 0 aliphatic carbocycles. The van der Waals surface area contributed by atoms with Gasteiger partial charge in [0.15, 0.2) is 0 Å². The number of rotatable bonds is 8. The fraction of sp³-hybridized carbons (Fsp3) is 0.562. The third kappa shape index (κ3) is 5.21. The van der Waals surface area contributed by atoms with Gasteiger partial charge in [-0.1, -0.05) is 6.92 Å². The van der Waals surface area contributed by atoms with Crippen LogP contribution in [0.1, 0.15) is 32.3 Å². The minimum Gasteiger partial charge on any atom is -0.496 e. The van der Waals surface area contributed by atoms with Crippen LogP contribution in [0.2, 0.25) is 0 Å². The Labute approximate surface area is 138 Å². The summed E-state index contributed by atoms with van der Waals surface area (Å²) in [6.07, 6.45) is 1.57. The van der Waals surface area contributed by atoms with Crippen LogP contribution in [0.15, 0.2) is 23.1 Å². The van der Waals surface area contributed by atoms with Gasteiger partial charge in [0, 0.05) is 26.6 Å². The van der Waals surface area contributed by atoms with E-state index in [-0.39, 0.29) is 23.3 Å². The Bertz CT molecular complexity index is 641. The largest absolute Gasteiger partial charge is 0.496 e. The molecule has 0 fully saturated rings. The van der Waals surface area contributed by atoms with E-state index in [1.54, 1.807) is 12.1 Å². The van der Waals surface area contributed by atoms with Crippen molar-refractivity contribution in [1.29, 1.82) is 0 Å². The number of amides is 1. The molecule has 6 nitrogen and oxygen atoms in total. The van der Waals surface area contributed by atoms with Crippen LogP contribution in [0.3, 0.4) is 0 Å². The highest BCUT2D eigenvalue weighted by Gasteiger charge is 2.19. The lowest BCUT2D eigenvalue weighted by Crippen LogP contribution is -2.32.